The molecule has 2 atom stereocenters. The zero-order valence-corrected chi connectivity index (χ0v) is 19.6. The monoisotopic (exact) mass is 482 g/mol. The number of aromatic amines is 1. The summed E-state index contributed by atoms with van der Waals surface area (Å²) in [6.07, 6.45) is 4.43. The molecule has 0 saturated carbocycles. The number of rotatable bonds is 8. The molecule has 0 radical (unpaired) electrons. The Balaban J connectivity index is 1.25. The predicted octanol–water partition coefficient (Wildman–Crippen LogP) is 1.65. The SMILES string of the molecule is O=c1[nH]c2cc3c(cc2cc1CN(Cc1nnnn1C[C@H]1CCCO1)C[C@@H]1CCCO1)OCCO3. The number of benzene rings is 1. The van der Waals surface area contributed by atoms with Gasteiger partial charge in [0, 0.05) is 43.3 Å². The number of aromatic nitrogens is 5. The third kappa shape index (κ3) is 5.02. The summed E-state index contributed by atoms with van der Waals surface area (Å²) in [5.41, 5.74) is 1.28. The molecule has 1 aromatic carbocycles. The van der Waals surface area contributed by atoms with E-state index < -0.39 is 0 Å². The Kier molecular flexibility index (Phi) is 6.36. The van der Waals surface area contributed by atoms with Crippen molar-refractivity contribution < 1.29 is 18.9 Å². The molecule has 0 spiro atoms. The van der Waals surface area contributed by atoms with Crippen LogP contribution in [0.2, 0.25) is 0 Å². The van der Waals surface area contributed by atoms with E-state index in [1.54, 1.807) is 0 Å². The Morgan fingerprint density at radius 1 is 0.971 bits per heavy atom. The lowest BCUT2D eigenvalue weighted by Gasteiger charge is -2.25. The van der Waals surface area contributed by atoms with Crippen molar-refractivity contribution in [1.82, 2.24) is 30.1 Å². The summed E-state index contributed by atoms with van der Waals surface area (Å²) in [5.74, 6) is 2.12. The second-order valence-electron chi connectivity index (χ2n) is 9.42. The molecular formula is C24H30N6O5. The van der Waals surface area contributed by atoms with Gasteiger partial charge >= 0.3 is 0 Å². The van der Waals surface area contributed by atoms with E-state index in [-0.39, 0.29) is 17.8 Å². The standard InChI is InChI=1S/C24H30N6O5/c31-24-17(9-16-10-21-22(11-20(16)25-24)35-8-7-34-21)12-29(13-18-3-1-5-32-18)15-23-26-27-28-30(23)14-19-4-2-6-33-19/h9-11,18-19H,1-8,12-15H2,(H,25,31)/t18-,19+/m0/s1. The van der Waals surface area contributed by atoms with Crippen LogP contribution in [0.15, 0.2) is 23.0 Å². The fourth-order valence-electron chi connectivity index (χ4n) is 5.07. The molecule has 0 aliphatic carbocycles. The van der Waals surface area contributed by atoms with Crippen LogP contribution in [0.4, 0.5) is 0 Å². The van der Waals surface area contributed by atoms with E-state index in [0.717, 1.165) is 55.6 Å². The number of nitrogens with one attached hydrogen (secondary N) is 1. The zero-order chi connectivity index (χ0) is 23.6. The van der Waals surface area contributed by atoms with E-state index in [2.05, 4.69) is 25.4 Å². The maximum Gasteiger partial charge on any atom is 0.252 e. The molecule has 3 aliphatic rings. The lowest BCUT2D eigenvalue weighted by Crippen LogP contribution is -2.34. The van der Waals surface area contributed by atoms with E-state index in [4.69, 9.17) is 18.9 Å². The highest BCUT2D eigenvalue weighted by atomic mass is 16.6. The number of pyridine rings is 1. The van der Waals surface area contributed by atoms with Gasteiger partial charge in [-0.2, -0.15) is 0 Å². The molecule has 11 nitrogen and oxygen atoms in total. The minimum Gasteiger partial charge on any atom is -0.486 e. The van der Waals surface area contributed by atoms with Crippen LogP contribution in [0.1, 0.15) is 37.1 Å². The van der Waals surface area contributed by atoms with Crippen LogP contribution < -0.4 is 15.0 Å². The van der Waals surface area contributed by atoms with E-state index >= 15 is 0 Å². The number of hydrogen-bond acceptors (Lipinski definition) is 9. The van der Waals surface area contributed by atoms with Crippen molar-refractivity contribution in [2.24, 2.45) is 0 Å². The Morgan fingerprint density at radius 3 is 2.51 bits per heavy atom. The molecule has 186 valence electrons. The highest BCUT2D eigenvalue weighted by Crippen LogP contribution is 2.33. The number of tetrazole rings is 1. The van der Waals surface area contributed by atoms with Gasteiger partial charge in [0.05, 0.1) is 30.8 Å². The first-order valence-corrected chi connectivity index (χ1v) is 12.4. The molecule has 3 aromatic rings. The summed E-state index contributed by atoms with van der Waals surface area (Å²) in [7, 11) is 0. The van der Waals surface area contributed by atoms with Crippen molar-refractivity contribution in [3.8, 4) is 11.5 Å². The average molecular weight is 483 g/mol. The summed E-state index contributed by atoms with van der Waals surface area (Å²) < 4.78 is 24.9. The fourth-order valence-corrected chi connectivity index (χ4v) is 5.07. The first-order chi connectivity index (χ1) is 17.2. The van der Waals surface area contributed by atoms with Gasteiger partial charge in [0.25, 0.3) is 5.56 Å². The maximum absolute atomic E-state index is 13.0. The third-order valence-corrected chi connectivity index (χ3v) is 6.84. The lowest BCUT2D eigenvalue weighted by atomic mass is 10.1. The molecule has 0 amide bonds. The van der Waals surface area contributed by atoms with Gasteiger partial charge in [0.1, 0.15) is 13.2 Å². The number of hydrogen-bond donors (Lipinski definition) is 1. The van der Waals surface area contributed by atoms with Crippen molar-refractivity contribution in [1.29, 1.82) is 0 Å². The van der Waals surface area contributed by atoms with E-state index in [1.807, 2.05) is 22.9 Å². The lowest BCUT2D eigenvalue weighted by molar-refractivity contribution is 0.0647. The van der Waals surface area contributed by atoms with Gasteiger partial charge in [-0.1, -0.05) is 0 Å². The van der Waals surface area contributed by atoms with Gasteiger partial charge in [0.15, 0.2) is 17.3 Å². The number of H-pyrrole nitrogens is 1. The Bertz CT molecular complexity index is 1230. The summed E-state index contributed by atoms with van der Waals surface area (Å²) in [5, 5.41) is 13.3. The molecule has 3 aliphatic heterocycles. The third-order valence-electron chi connectivity index (χ3n) is 6.84. The topological polar surface area (TPSA) is 117 Å². The fraction of sp³-hybridized carbons (Fsp3) is 0.583. The zero-order valence-electron chi connectivity index (χ0n) is 19.6. The number of nitrogens with zero attached hydrogens (tertiary/aromatic N) is 5. The molecule has 2 aromatic heterocycles. The summed E-state index contributed by atoms with van der Waals surface area (Å²) >= 11 is 0. The van der Waals surface area contributed by atoms with Crippen molar-refractivity contribution in [3.05, 3.63) is 39.9 Å². The average Bonchev–Trinajstić information content (AvgIpc) is 3.63. The van der Waals surface area contributed by atoms with Crippen LogP contribution in [0.3, 0.4) is 0 Å². The molecule has 1 N–H and O–H groups in total. The van der Waals surface area contributed by atoms with Crippen molar-refractivity contribution in [2.45, 2.75) is 57.5 Å². The van der Waals surface area contributed by atoms with Crippen molar-refractivity contribution in [2.75, 3.05) is 33.0 Å². The molecular weight excluding hydrogens is 452 g/mol. The van der Waals surface area contributed by atoms with Gasteiger partial charge in [-0.25, -0.2) is 4.68 Å². The molecule has 2 saturated heterocycles. The van der Waals surface area contributed by atoms with Crippen molar-refractivity contribution >= 4 is 10.9 Å². The molecule has 5 heterocycles. The normalized spacial score (nSPS) is 21.9. The Morgan fingerprint density at radius 2 is 1.74 bits per heavy atom. The molecule has 0 unspecified atom stereocenters. The highest BCUT2D eigenvalue weighted by Gasteiger charge is 2.24. The number of fused-ring (bicyclic) bond motifs is 2. The van der Waals surface area contributed by atoms with Crippen LogP contribution in [0, 0.1) is 0 Å². The smallest absolute Gasteiger partial charge is 0.252 e. The molecule has 11 heteroatoms. The van der Waals surface area contributed by atoms with Crippen LogP contribution in [-0.2, 0) is 29.1 Å². The first kappa shape index (κ1) is 22.4. The molecule has 2 fully saturated rings. The molecule has 6 rings (SSSR count). The maximum atomic E-state index is 13.0. The van der Waals surface area contributed by atoms with E-state index in [0.29, 0.717) is 56.5 Å². The van der Waals surface area contributed by atoms with Gasteiger partial charge in [-0.3, -0.25) is 9.69 Å². The van der Waals surface area contributed by atoms with Gasteiger partial charge in [-0.15, -0.1) is 5.10 Å². The summed E-state index contributed by atoms with van der Waals surface area (Å²) in [6.45, 7) is 4.89. The largest absolute Gasteiger partial charge is 0.486 e. The Labute approximate surface area is 202 Å². The second kappa shape index (κ2) is 9.92. The van der Waals surface area contributed by atoms with E-state index in [1.165, 1.54) is 0 Å². The summed E-state index contributed by atoms with van der Waals surface area (Å²) in [4.78, 5) is 18.2. The van der Waals surface area contributed by atoms with Gasteiger partial charge in [0.2, 0.25) is 0 Å². The van der Waals surface area contributed by atoms with Crippen molar-refractivity contribution in [3.63, 3.8) is 0 Å². The minimum absolute atomic E-state index is 0.120. The molecule has 35 heavy (non-hydrogen) atoms. The van der Waals surface area contributed by atoms with Gasteiger partial charge < -0.3 is 23.9 Å². The quantitative estimate of drug-likeness (QED) is 0.511. The van der Waals surface area contributed by atoms with Gasteiger partial charge in [-0.05, 0) is 48.2 Å². The van der Waals surface area contributed by atoms with Crippen LogP contribution in [0.5, 0.6) is 11.5 Å². The summed E-state index contributed by atoms with van der Waals surface area (Å²) in [6, 6.07) is 5.69. The Hall–Kier alpha value is -3.02. The minimum atomic E-state index is -0.120. The highest BCUT2D eigenvalue weighted by molar-refractivity contribution is 5.83. The van der Waals surface area contributed by atoms with Crippen LogP contribution >= 0.6 is 0 Å². The molecule has 0 bridgehead atoms. The van der Waals surface area contributed by atoms with Crippen LogP contribution in [0.25, 0.3) is 10.9 Å². The van der Waals surface area contributed by atoms with Crippen LogP contribution in [-0.4, -0.2) is 75.3 Å². The van der Waals surface area contributed by atoms with E-state index in [9.17, 15) is 4.79 Å². The number of ether oxygens (including phenoxy) is 4. The predicted molar refractivity (Wildman–Crippen MR) is 125 cm³/mol. The second-order valence-corrected chi connectivity index (χ2v) is 9.42. The first-order valence-electron chi connectivity index (χ1n) is 12.4.